The third-order valence-corrected chi connectivity index (χ3v) is 5.75. The maximum absolute atomic E-state index is 12.9. The number of imide groups is 1. The predicted molar refractivity (Wildman–Crippen MR) is 116 cm³/mol. The van der Waals surface area contributed by atoms with Crippen LogP contribution in [0.3, 0.4) is 0 Å². The van der Waals surface area contributed by atoms with E-state index in [1.54, 1.807) is 37.3 Å². The number of hydrogen-bond acceptors (Lipinski definition) is 5. The average molecular weight is 422 g/mol. The van der Waals surface area contributed by atoms with E-state index >= 15 is 0 Å². The van der Waals surface area contributed by atoms with Crippen LogP contribution in [0.15, 0.2) is 42.5 Å². The smallest absolute Gasteiger partial charge is 0.330 e. The molecule has 0 bridgehead atoms. The van der Waals surface area contributed by atoms with E-state index in [1.165, 1.54) is 0 Å². The highest BCUT2D eigenvalue weighted by molar-refractivity contribution is 6.22. The topological polar surface area (TPSA) is 92.8 Å². The van der Waals surface area contributed by atoms with Crippen molar-refractivity contribution in [2.24, 2.45) is 5.92 Å². The molecule has 3 amide bonds. The number of carbonyl (C=O) groups excluding carboxylic acids is 4. The molecule has 0 spiro atoms. The first-order valence-electron chi connectivity index (χ1n) is 10.3. The Labute approximate surface area is 181 Å². The van der Waals surface area contributed by atoms with Crippen LogP contribution >= 0.6 is 0 Å². The summed E-state index contributed by atoms with van der Waals surface area (Å²) in [7, 11) is 0. The first-order chi connectivity index (χ1) is 14.8. The lowest BCUT2D eigenvalue weighted by Crippen LogP contribution is -2.49. The monoisotopic (exact) mass is 422 g/mol. The van der Waals surface area contributed by atoms with Crippen LogP contribution in [0.4, 0.5) is 5.69 Å². The standard InChI is InChI=1S/C24H26N2O5/c1-5-14(2)21(26-22(28)17-10-6-7-11-18(17)23(26)29)24(30)31-13-20(27)25-19-12-8-9-15(3)16(19)4/h6-12,14,21H,5,13H2,1-4H3,(H,25,27)/t14-,21-/m0/s1. The Morgan fingerprint density at radius 1 is 1.00 bits per heavy atom. The molecule has 0 fully saturated rings. The van der Waals surface area contributed by atoms with Gasteiger partial charge >= 0.3 is 5.97 Å². The molecule has 7 heteroatoms. The molecule has 0 radical (unpaired) electrons. The second kappa shape index (κ2) is 9.12. The molecule has 0 aromatic heterocycles. The van der Waals surface area contributed by atoms with E-state index in [0.717, 1.165) is 16.0 Å². The van der Waals surface area contributed by atoms with Crippen molar-refractivity contribution in [3.05, 3.63) is 64.7 Å². The van der Waals surface area contributed by atoms with E-state index in [9.17, 15) is 19.2 Å². The molecule has 0 aliphatic carbocycles. The Bertz CT molecular complexity index is 1010. The first kappa shape index (κ1) is 22.2. The van der Waals surface area contributed by atoms with Crippen LogP contribution in [0.25, 0.3) is 0 Å². The molecule has 1 aliphatic rings. The molecule has 31 heavy (non-hydrogen) atoms. The first-order valence-corrected chi connectivity index (χ1v) is 10.3. The molecule has 7 nitrogen and oxygen atoms in total. The number of benzene rings is 2. The third kappa shape index (κ3) is 4.35. The lowest BCUT2D eigenvalue weighted by atomic mass is 9.97. The fourth-order valence-corrected chi connectivity index (χ4v) is 3.57. The minimum absolute atomic E-state index is 0.265. The third-order valence-electron chi connectivity index (χ3n) is 5.75. The van der Waals surface area contributed by atoms with Gasteiger partial charge in [0.2, 0.25) is 0 Å². The van der Waals surface area contributed by atoms with Crippen molar-refractivity contribution < 1.29 is 23.9 Å². The average Bonchev–Trinajstić information content (AvgIpc) is 3.01. The molecule has 1 N–H and O–H groups in total. The van der Waals surface area contributed by atoms with E-state index in [1.807, 2.05) is 32.9 Å². The van der Waals surface area contributed by atoms with Gasteiger partial charge in [-0.2, -0.15) is 0 Å². The summed E-state index contributed by atoms with van der Waals surface area (Å²) in [4.78, 5) is 51.9. The van der Waals surface area contributed by atoms with Crippen LogP contribution in [0.2, 0.25) is 0 Å². The van der Waals surface area contributed by atoms with Crippen molar-refractivity contribution in [2.75, 3.05) is 11.9 Å². The van der Waals surface area contributed by atoms with Gasteiger partial charge in [-0.1, -0.05) is 44.5 Å². The van der Waals surface area contributed by atoms with Crippen LogP contribution in [0, 0.1) is 19.8 Å². The molecule has 2 aromatic rings. The summed E-state index contributed by atoms with van der Waals surface area (Å²) in [5.41, 5.74) is 3.12. The summed E-state index contributed by atoms with van der Waals surface area (Å²) in [5, 5.41) is 2.73. The maximum Gasteiger partial charge on any atom is 0.330 e. The number of aryl methyl sites for hydroxylation is 1. The van der Waals surface area contributed by atoms with Gasteiger partial charge in [-0.3, -0.25) is 19.3 Å². The van der Waals surface area contributed by atoms with Crippen molar-refractivity contribution in [2.45, 2.75) is 40.2 Å². The second-order valence-electron chi connectivity index (χ2n) is 7.76. The number of anilines is 1. The molecular formula is C24H26N2O5. The second-order valence-corrected chi connectivity index (χ2v) is 7.76. The van der Waals surface area contributed by atoms with Crippen LogP contribution in [0.1, 0.15) is 52.1 Å². The van der Waals surface area contributed by atoms with Gasteiger partial charge in [-0.15, -0.1) is 0 Å². The van der Waals surface area contributed by atoms with Crippen molar-refractivity contribution in [3.8, 4) is 0 Å². The summed E-state index contributed by atoms with van der Waals surface area (Å²) in [6, 6.07) is 10.9. The molecule has 2 atom stereocenters. The van der Waals surface area contributed by atoms with Crippen LogP contribution in [-0.4, -0.2) is 41.2 Å². The van der Waals surface area contributed by atoms with Gasteiger partial charge in [0.1, 0.15) is 6.04 Å². The summed E-state index contributed by atoms with van der Waals surface area (Å²) in [6.45, 7) is 6.94. The highest BCUT2D eigenvalue weighted by atomic mass is 16.5. The van der Waals surface area contributed by atoms with Gasteiger partial charge < -0.3 is 10.1 Å². The summed E-state index contributed by atoms with van der Waals surface area (Å²) in [5.74, 6) is -2.66. The number of amides is 3. The molecule has 0 unspecified atom stereocenters. The number of ether oxygens (including phenoxy) is 1. The van der Waals surface area contributed by atoms with Gasteiger partial charge in [-0.05, 0) is 49.1 Å². The lowest BCUT2D eigenvalue weighted by molar-refractivity contribution is -0.152. The molecule has 3 rings (SSSR count). The number of esters is 1. The van der Waals surface area contributed by atoms with Crippen molar-refractivity contribution in [1.82, 2.24) is 4.90 Å². The largest absolute Gasteiger partial charge is 0.454 e. The summed E-state index contributed by atoms with van der Waals surface area (Å²) >= 11 is 0. The molecule has 162 valence electrons. The Morgan fingerprint density at radius 2 is 1.61 bits per heavy atom. The van der Waals surface area contributed by atoms with Crippen molar-refractivity contribution in [1.29, 1.82) is 0 Å². The number of nitrogens with one attached hydrogen (secondary N) is 1. The van der Waals surface area contributed by atoms with Gasteiger partial charge in [-0.25, -0.2) is 4.79 Å². The molecule has 0 saturated carbocycles. The zero-order valence-electron chi connectivity index (χ0n) is 18.1. The highest BCUT2D eigenvalue weighted by Gasteiger charge is 2.45. The molecule has 1 aliphatic heterocycles. The number of fused-ring (bicyclic) bond motifs is 1. The SMILES string of the molecule is CC[C@H](C)[C@@H](C(=O)OCC(=O)Nc1cccc(C)c1C)N1C(=O)c2ccccc2C1=O. The van der Waals surface area contributed by atoms with E-state index in [4.69, 9.17) is 4.74 Å². The van der Waals surface area contributed by atoms with E-state index < -0.39 is 36.3 Å². The number of hydrogen-bond donors (Lipinski definition) is 1. The minimum Gasteiger partial charge on any atom is -0.454 e. The Morgan fingerprint density at radius 3 is 2.19 bits per heavy atom. The summed E-state index contributed by atoms with van der Waals surface area (Å²) in [6.07, 6.45) is 0.544. The Kier molecular flexibility index (Phi) is 6.53. The molecule has 0 saturated heterocycles. The van der Waals surface area contributed by atoms with Gasteiger partial charge in [0.15, 0.2) is 6.61 Å². The maximum atomic E-state index is 12.9. The lowest BCUT2D eigenvalue weighted by Gasteiger charge is -2.28. The molecule has 1 heterocycles. The van der Waals surface area contributed by atoms with E-state index in [2.05, 4.69) is 5.32 Å². The van der Waals surface area contributed by atoms with Gasteiger partial charge in [0.25, 0.3) is 17.7 Å². The Hall–Kier alpha value is -3.48. The van der Waals surface area contributed by atoms with Gasteiger partial charge in [0, 0.05) is 5.69 Å². The normalized spacial score (nSPS) is 14.8. The fourth-order valence-electron chi connectivity index (χ4n) is 3.57. The van der Waals surface area contributed by atoms with E-state index in [0.29, 0.717) is 12.1 Å². The van der Waals surface area contributed by atoms with Crippen LogP contribution in [0.5, 0.6) is 0 Å². The Balaban J connectivity index is 1.73. The number of carbonyl (C=O) groups is 4. The fraction of sp³-hybridized carbons (Fsp3) is 0.333. The van der Waals surface area contributed by atoms with Crippen molar-refractivity contribution >= 4 is 29.4 Å². The zero-order valence-corrected chi connectivity index (χ0v) is 18.1. The van der Waals surface area contributed by atoms with E-state index in [-0.39, 0.29) is 17.0 Å². The van der Waals surface area contributed by atoms with Crippen LogP contribution < -0.4 is 5.32 Å². The number of rotatable bonds is 7. The molecular weight excluding hydrogens is 396 g/mol. The highest BCUT2D eigenvalue weighted by Crippen LogP contribution is 2.28. The number of nitrogens with zero attached hydrogens (tertiary/aromatic N) is 1. The quantitative estimate of drug-likeness (QED) is 0.545. The predicted octanol–water partition coefficient (Wildman–Crippen LogP) is 3.50. The van der Waals surface area contributed by atoms with Crippen LogP contribution in [-0.2, 0) is 14.3 Å². The van der Waals surface area contributed by atoms with Crippen molar-refractivity contribution in [3.63, 3.8) is 0 Å². The summed E-state index contributed by atoms with van der Waals surface area (Å²) < 4.78 is 5.24. The minimum atomic E-state index is -1.11. The molecule has 2 aromatic carbocycles. The zero-order chi connectivity index (χ0) is 22.7. The van der Waals surface area contributed by atoms with Gasteiger partial charge in [0.05, 0.1) is 11.1 Å².